The number of halogens is 1. The first kappa shape index (κ1) is 14.4. The second-order valence-corrected chi connectivity index (χ2v) is 5.06. The van der Waals surface area contributed by atoms with E-state index in [0.717, 1.165) is 16.9 Å². The number of carbonyl (C=O) groups excluding carboxylic acids is 1. The van der Waals surface area contributed by atoms with Crippen LogP contribution in [0.2, 0.25) is 5.02 Å². The molecule has 0 saturated heterocycles. The van der Waals surface area contributed by atoms with E-state index in [1.165, 1.54) is 5.56 Å². The Morgan fingerprint density at radius 1 is 1.25 bits per heavy atom. The molecule has 0 radical (unpaired) electrons. The number of carbonyl (C=O) groups is 1. The molecule has 0 fully saturated rings. The molecule has 0 spiro atoms. The van der Waals surface area contributed by atoms with Crippen LogP contribution in [0, 0.1) is 13.8 Å². The largest absolute Gasteiger partial charge is 0.489 e. The van der Waals surface area contributed by atoms with Crippen LogP contribution in [0.15, 0.2) is 36.4 Å². The van der Waals surface area contributed by atoms with E-state index < -0.39 is 5.91 Å². The minimum atomic E-state index is -0.492. The molecule has 0 aliphatic heterocycles. The highest BCUT2D eigenvalue weighted by molar-refractivity contribution is 6.31. The zero-order valence-corrected chi connectivity index (χ0v) is 12.2. The first-order valence-corrected chi connectivity index (χ1v) is 6.64. The first-order chi connectivity index (χ1) is 9.49. The highest BCUT2D eigenvalue weighted by atomic mass is 35.5. The van der Waals surface area contributed by atoms with E-state index in [1.54, 1.807) is 18.2 Å². The van der Waals surface area contributed by atoms with E-state index in [1.807, 2.05) is 32.0 Å². The standard InChI is InChI=1S/C16H16ClNO2/c1-10-4-3-5-15(11(10)2)20-9-13-7-6-12(16(18)19)8-14(13)17/h3-8H,9H2,1-2H3,(H2,18,19). The summed E-state index contributed by atoms with van der Waals surface area (Å²) < 4.78 is 5.78. The summed E-state index contributed by atoms with van der Waals surface area (Å²) in [4.78, 5) is 11.1. The molecule has 0 heterocycles. The number of benzene rings is 2. The molecule has 0 aromatic heterocycles. The van der Waals surface area contributed by atoms with Gasteiger partial charge < -0.3 is 10.5 Å². The van der Waals surface area contributed by atoms with Crippen molar-refractivity contribution in [3.63, 3.8) is 0 Å². The van der Waals surface area contributed by atoms with Gasteiger partial charge in [-0.15, -0.1) is 0 Å². The number of nitrogens with two attached hydrogens (primary N) is 1. The van der Waals surface area contributed by atoms with Crippen LogP contribution in [0.3, 0.4) is 0 Å². The van der Waals surface area contributed by atoms with Gasteiger partial charge in [-0.2, -0.15) is 0 Å². The normalized spacial score (nSPS) is 10.3. The molecule has 2 aromatic carbocycles. The summed E-state index contributed by atoms with van der Waals surface area (Å²) in [6.07, 6.45) is 0. The zero-order chi connectivity index (χ0) is 14.7. The fourth-order valence-electron chi connectivity index (χ4n) is 1.85. The van der Waals surface area contributed by atoms with Crippen molar-refractivity contribution in [2.24, 2.45) is 5.73 Å². The second kappa shape index (κ2) is 5.97. The van der Waals surface area contributed by atoms with Crippen molar-refractivity contribution in [1.82, 2.24) is 0 Å². The highest BCUT2D eigenvalue weighted by Gasteiger charge is 2.07. The Balaban J connectivity index is 2.15. The van der Waals surface area contributed by atoms with Gasteiger partial charge in [-0.3, -0.25) is 4.79 Å². The van der Waals surface area contributed by atoms with Crippen molar-refractivity contribution in [2.75, 3.05) is 0 Å². The van der Waals surface area contributed by atoms with Crippen LogP contribution in [0.1, 0.15) is 27.0 Å². The predicted molar refractivity (Wildman–Crippen MR) is 80.2 cm³/mol. The highest BCUT2D eigenvalue weighted by Crippen LogP contribution is 2.24. The number of hydrogen-bond acceptors (Lipinski definition) is 2. The molecule has 3 nitrogen and oxygen atoms in total. The fraction of sp³-hybridized carbons (Fsp3) is 0.188. The van der Waals surface area contributed by atoms with Crippen molar-refractivity contribution >= 4 is 17.5 Å². The Morgan fingerprint density at radius 2 is 2.00 bits per heavy atom. The molecule has 2 N–H and O–H groups in total. The SMILES string of the molecule is Cc1cccc(OCc2ccc(C(N)=O)cc2Cl)c1C. The van der Waals surface area contributed by atoms with Gasteiger partial charge in [-0.1, -0.05) is 29.8 Å². The van der Waals surface area contributed by atoms with Gasteiger partial charge in [0.1, 0.15) is 12.4 Å². The maximum atomic E-state index is 11.1. The Hall–Kier alpha value is -2.00. The lowest BCUT2D eigenvalue weighted by molar-refractivity contribution is 0.1000. The number of amides is 1. The average Bonchev–Trinajstić information content (AvgIpc) is 2.41. The molecule has 104 valence electrons. The van der Waals surface area contributed by atoms with Gasteiger partial charge in [0.15, 0.2) is 0 Å². The maximum absolute atomic E-state index is 11.1. The maximum Gasteiger partial charge on any atom is 0.248 e. The predicted octanol–water partition coefficient (Wildman–Crippen LogP) is 3.63. The van der Waals surface area contributed by atoms with Crippen LogP contribution in [0.5, 0.6) is 5.75 Å². The summed E-state index contributed by atoms with van der Waals surface area (Å²) in [5, 5.41) is 0.478. The third kappa shape index (κ3) is 3.11. The van der Waals surface area contributed by atoms with Gasteiger partial charge in [0.2, 0.25) is 5.91 Å². The van der Waals surface area contributed by atoms with Gasteiger partial charge in [0.05, 0.1) is 0 Å². The average molecular weight is 290 g/mol. The monoisotopic (exact) mass is 289 g/mol. The molecule has 0 unspecified atom stereocenters. The fourth-order valence-corrected chi connectivity index (χ4v) is 2.09. The van der Waals surface area contributed by atoms with Crippen molar-refractivity contribution in [2.45, 2.75) is 20.5 Å². The molecular weight excluding hydrogens is 274 g/mol. The molecule has 2 aromatic rings. The van der Waals surface area contributed by atoms with Gasteiger partial charge in [-0.05, 0) is 43.2 Å². The summed E-state index contributed by atoms with van der Waals surface area (Å²) in [5.41, 5.74) is 8.70. The zero-order valence-electron chi connectivity index (χ0n) is 11.4. The summed E-state index contributed by atoms with van der Waals surface area (Å²) in [6, 6.07) is 10.9. The lowest BCUT2D eigenvalue weighted by Gasteiger charge is -2.12. The lowest BCUT2D eigenvalue weighted by atomic mass is 10.1. The van der Waals surface area contributed by atoms with Crippen LogP contribution in [0.25, 0.3) is 0 Å². The number of ether oxygens (including phenoxy) is 1. The van der Waals surface area contributed by atoms with Crippen LogP contribution in [-0.4, -0.2) is 5.91 Å². The van der Waals surface area contributed by atoms with E-state index in [4.69, 9.17) is 22.1 Å². The molecule has 0 saturated carbocycles. The minimum absolute atomic E-state index is 0.349. The number of hydrogen-bond donors (Lipinski definition) is 1. The minimum Gasteiger partial charge on any atom is -0.489 e. The third-order valence-corrected chi connectivity index (χ3v) is 3.63. The molecular formula is C16H16ClNO2. The Bertz CT molecular complexity index is 653. The van der Waals surface area contributed by atoms with E-state index in [0.29, 0.717) is 17.2 Å². The Labute approximate surface area is 123 Å². The molecule has 20 heavy (non-hydrogen) atoms. The van der Waals surface area contributed by atoms with Crippen LogP contribution in [-0.2, 0) is 6.61 Å². The van der Waals surface area contributed by atoms with Gasteiger partial charge in [0, 0.05) is 16.1 Å². The van der Waals surface area contributed by atoms with Gasteiger partial charge in [-0.25, -0.2) is 0 Å². The quantitative estimate of drug-likeness (QED) is 0.934. The van der Waals surface area contributed by atoms with Crippen LogP contribution in [0.4, 0.5) is 0 Å². The van der Waals surface area contributed by atoms with E-state index >= 15 is 0 Å². The van der Waals surface area contributed by atoms with E-state index in [9.17, 15) is 4.79 Å². The summed E-state index contributed by atoms with van der Waals surface area (Å²) in [6.45, 7) is 4.40. The summed E-state index contributed by atoms with van der Waals surface area (Å²) >= 11 is 6.12. The molecule has 1 amide bonds. The summed E-state index contributed by atoms with van der Waals surface area (Å²) in [7, 11) is 0. The Morgan fingerprint density at radius 3 is 2.65 bits per heavy atom. The molecule has 0 aliphatic carbocycles. The van der Waals surface area contributed by atoms with Crippen molar-refractivity contribution < 1.29 is 9.53 Å². The molecule has 2 rings (SSSR count). The van der Waals surface area contributed by atoms with E-state index in [-0.39, 0.29) is 0 Å². The van der Waals surface area contributed by atoms with Crippen molar-refractivity contribution in [1.29, 1.82) is 0 Å². The molecule has 0 atom stereocenters. The molecule has 0 bridgehead atoms. The van der Waals surface area contributed by atoms with Gasteiger partial charge in [0.25, 0.3) is 0 Å². The summed E-state index contributed by atoms with van der Waals surface area (Å²) in [5.74, 6) is 0.342. The number of rotatable bonds is 4. The van der Waals surface area contributed by atoms with Gasteiger partial charge >= 0.3 is 0 Å². The van der Waals surface area contributed by atoms with Crippen LogP contribution >= 0.6 is 11.6 Å². The third-order valence-electron chi connectivity index (χ3n) is 3.28. The number of primary amides is 1. The topological polar surface area (TPSA) is 52.3 Å². The van der Waals surface area contributed by atoms with Crippen molar-refractivity contribution in [3.8, 4) is 5.75 Å². The second-order valence-electron chi connectivity index (χ2n) is 4.66. The smallest absolute Gasteiger partial charge is 0.248 e. The lowest BCUT2D eigenvalue weighted by Crippen LogP contribution is -2.11. The van der Waals surface area contributed by atoms with Crippen molar-refractivity contribution in [3.05, 3.63) is 63.7 Å². The van der Waals surface area contributed by atoms with Crippen LogP contribution < -0.4 is 10.5 Å². The van der Waals surface area contributed by atoms with E-state index in [2.05, 4.69) is 0 Å². The molecule has 4 heteroatoms. The first-order valence-electron chi connectivity index (χ1n) is 6.26. The Kier molecular flexibility index (Phi) is 4.30. The molecule has 0 aliphatic rings. The number of aryl methyl sites for hydroxylation is 1.